The first kappa shape index (κ1) is 33.5. The molecule has 2 aliphatic carbocycles. The Morgan fingerprint density at radius 1 is 0.955 bits per heavy atom. The Labute approximate surface area is 263 Å². The van der Waals surface area contributed by atoms with Crippen molar-refractivity contribution in [2.24, 2.45) is 28.1 Å². The molecule has 0 radical (unpaired) electrons. The third kappa shape index (κ3) is 5.28. The summed E-state index contributed by atoms with van der Waals surface area (Å²) in [6.07, 6.45) is 7.55. The summed E-state index contributed by atoms with van der Waals surface area (Å²) in [5, 5.41) is 20.2. The zero-order valence-electron chi connectivity index (χ0n) is 28.0. The first-order valence-electron chi connectivity index (χ1n) is 15.8. The molecule has 1 aromatic rings. The highest BCUT2D eigenvalue weighted by atomic mass is 16.5. The number of fused-ring (bicyclic) bond motifs is 1. The fourth-order valence-corrected chi connectivity index (χ4v) is 7.84. The number of hydrogen-bond acceptors (Lipinski definition) is 6. The summed E-state index contributed by atoms with van der Waals surface area (Å²) in [4.78, 5) is 44.9. The van der Waals surface area contributed by atoms with E-state index in [1.165, 1.54) is 23.8 Å². The van der Waals surface area contributed by atoms with Crippen molar-refractivity contribution in [1.29, 1.82) is 0 Å². The summed E-state index contributed by atoms with van der Waals surface area (Å²) < 4.78 is 6.81. The minimum atomic E-state index is -1.49. The summed E-state index contributed by atoms with van der Waals surface area (Å²) in [5.41, 5.74) is -1.00. The number of aromatic hydroxyl groups is 2. The molecule has 2 N–H and O–H groups in total. The number of ketones is 3. The van der Waals surface area contributed by atoms with E-state index in [1.54, 1.807) is 0 Å². The van der Waals surface area contributed by atoms with E-state index in [4.69, 9.17) is 4.74 Å². The molecule has 0 unspecified atom stereocenters. The first-order chi connectivity index (χ1) is 20.3. The SMILES string of the molecule is C=C(C)CC[C@@H]1C[C@]23C[C@@H](CC=C(C)C)C(C)(C)[C@](CC=C(C)C)(C(=O)C(C(=O)c4ccc(O)c(O)c4)=C2OC1(C)C)C3=O. The van der Waals surface area contributed by atoms with Crippen LogP contribution in [0.15, 0.2) is 65.0 Å². The summed E-state index contributed by atoms with van der Waals surface area (Å²) in [6, 6.07) is 3.80. The number of allylic oxidation sites excluding steroid dienone is 7. The van der Waals surface area contributed by atoms with Crippen LogP contribution in [0.3, 0.4) is 0 Å². The van der Waals surface area contributed by atoms with Gasteiger partial charge in [-0.3, -0.25) is 14.4 Å². The fraction of sp³-hybridized carbons (Fsp3) is 0.553. The molecule has 0 aromatic heterocycles. The van der Waals surface area contributed by atoms with Gasteiger partial charge in [-0.1, -0.05) is 42.7 Å². The van der Waals surface area contributed by atoms with Crippen molar-refractivity contribution < 1.29 is 29.3 Å². The first-order valence-corrected chi connectivity index (χ1v) is 15.8. The van der Waals surface area contributed by atoms with Crippen molar-refractivity contribution >= 4 is 17.3 Å². The van der Waals surface area contributed by atoms with Crippen LogP contribution >= 0.6 is 0 Å². The Bertz CT molecular complexity index is 1490. The smallest absolute Gasteiger partial charge is 0.200 e. The average molecular weight is 603 g/mol. The Morgan fingerprint density at radius 2 is 1.57 bits per heavy atom. The summed E-state index contributed by atoms with van der Waals surface area (Å²) in [5.74, 6) is -1.92. The minimum Gasteiger partial charge on any atom is -0.504 e. The maximum atomic E-state index is 15.3. The normalized spacial score (nSPS) is 28.5. The number of carbonyl (C=O) groups excluding carboxylic acids is 3. The van der Waals surface area contributed by atoms with Crippen LogP contribution in [-0.2, 0) is 14.3 Å². The zero-order chi connectivity index (χ0) is 33.0. The molecule has 4 rings (SSSR count). The molecule has 6 heteroatoms. The van der Waals surface area contributed by atoms with Crippen LogP contribution in [0.1, 0.15) is 111 Å². The standard InChI is InChI=1S/C38H50O6/c1-22(2)11-14-26-20-37-21-27(15-12-23(3)4)36(9,10)44-33(37)30(31(41)25-13-16-28(39)29(40)19-25)32(42)38(34(37)43,35(26,7)8)18-17-24(5)6/h11,13,16-17,19,26-27,39-40H,3,12,14-15,18,20-21H2,1-2,4-10H3/t26-,27-,37-,38-/m1/s1. The van der Waals surface area contributed by atoms with Crippen LogP contribution in [0.25, 0.3) is 0 Å². The Kier molecular flexibility index (Phi) is 8.75. The molecule has 44 heavy (non-hydrogen) atoms. The van der Waals surface area contributed by atoms with Gasteiger partial charge in [-0.15, -0.1) is 6.58 Å². The summed E-state index contributed by atoms with van der Waals surface area (Å²) >= 11 is 0. The van der Waals surface area contributed by atoms with Gasteiger partial charge in [-0.25, -0.2) is 0 Å². The van der Waals surface area contributed by atoms with Gasteiger partial charge < -0.3 is 14.9 Å². The van der Waals surface area contributed by atoms with E-state index in [2.05, 4.69) is 26.5 Å². The summed E-state index contributed by atoms with van der Waals surface area (Å²) in [7, 11) is 0. The highest BCUT2D eigenvalue weighted by Crippen LogP contribution is 2.69. The second-order valence-electron chi connectivity index (χ2n) is 15.1. The van der Waals surface area contributed by atoms with Crippen molar-refractivity contribution in [1.82, 2.24) is 0 Å². The average Bonchev–Trinajstić information content (AvgIpc) is 2.91. The monoisotopic (exact) mass is 602 g/mol. The molecule has 3 aliphatic rings. The number of phenols is 2. The quantitative estimate of drug-likeness (QED) is 0.0965. The molecular formula is C38H50O6. The molecule has 6 nitrogen and oxygen atoms in total. The van der Waals surface area contributed by atoms with Crippen molar-refractivity contribution in [2.75, 3.05) is 0 Å². The lowest BCUT2D eigenvalue weighted by atomic mass is 9.39. The number of rotatable bonds is 9. The van der Waals surface area contributed by atoms with Gasteiger partial charge in [0.25, 0.3) is 0 Å². The van der Waals surface area contributed by atoms with Gasteiger partial charge >= 0.3 is 0 Å². The lowest BCUT2D eigenvalue weighted by Gasteiger charge is -2.64. The van der Waals surface area contributed by atoms with Gasteiger partial charge in [0.15, 0.2) is 28.8 Å². The largest absolute Gasteiger partial charge is 0.504 e. The number of phenolic OH excluding ortho intramolecular Hbond substituents is 2. The van der Waals surface area contributed by atoms with Gasteiger partial charge in [0, 0.05) is 5.56 Å². The van der Waals surface area contributed by atoms with Crippen LogP contribution in [0.5, 0.6) is 11.5 Å². The van der Waals surface area contributed by atoms with E-state index in [-0.39, 0.29) is 46.7 Å². The van der Waals surface area contributed by atoms with Crippen molar-refractivity contribution in [3.63, 3.8) is 0 Å². The lowest BCUT2D eigenvalue weighted by molar-refractivity contribution is -0.189. The van der Waals surface area contributed by atoms with E-state index in [1.807, 2.05) is 54.5 Å². The number of hydrogen-bond donors (Lipinski definition) is 2. The van der Waals surface area contributed by atoms with Crippen LogP contribution in [0.4, 0.5) is 0 Å². The number of benzene rings is 1. The maximum absolute atomic E-state index is 15.3. The molecule has 1 spiro atoms. The molecule has 238 valence electrons. The number of carbonyl (C=O) groups is 3. The van der Waals surface area contributed by atoms with Crippen LogP contribution in [0.2, 0.25) is 0 Å². The fourth-order valence-electron chi connectivity index (χ4n) is 7.84. The molecule has 2 fully saturated rings. The molecule has 1 heterocycles. The summed E-state index contributed by atoms with van der Waals surface area (Å²) in [6.45, 7) is 22.1. The highest BCUT2D eigenvalue weighted by Gasteiger charge is 2.74. The predicted octanol–water partition coefficient (Wildman–Crippen LogP) is 8.59. The van der Waals surface area contributed by atoms with E-state index in [0.29, 0.717) is 19.3 Å². The number of Topliss-reactive ketones (excluding diaryl/α,β-unsaturated/α-hetero) is 3. The van der Waals surface area contributed by atoms with E-state index in [0.717, 1.165) is 24.0 Å². The van der Waals surface area contributed by atoms with Crippen LogP contribution < -0.4 is 0 Å². The molecule has 2 bridgehead atoms. The second kappa shape index (κ2) is 11.5. The predicted molar refractivity (Wildman–Crippen MR) is 173 cm³/mol. The Hall–Kier alpha value is -3.41. The van der Waals surface area contributed by atoms with E-state index < -0.39 is 39.2 Å². The van der Waals surface area contributed by atoms with Gasteiger partial charge in [0.2, 0.25) is 0 Å². The van der Waals surface area contributed by atoms with Gasteiger partial charge in [0.1, 0.15) is 22.3 Å². The molecule has 0 amide bonds. The van der Waals surface area contributed by atoms with Crippen molar-refractivity contribution in [3.8, 4) is 11.5 Å². The van der Waals surface area contributed by atoms with Gasteiger partial charge in [-0.05, 0) is 122 Å². The number of ether oxygens (including phenoxy) is 1. The van der Waals surface area contributed by atoms with Crippen LogP contribution in [0, 0.1) is 28.1 Å². The lowest BCUT2D eigenvalue weighted by Crippen LogP contribution is -2.69. The van der Waals surface area contributed by atoms with Crippen molar-refractivity contribution in [3.05, 3.63) is 70.5 Å². The highest BCUT2D eigenvalue weighted by molar-refractivity contribution is 6.35. The Balaban J connectivity index is 2.08. The Morgan fingerprint density at radius 3 is 2.14 bits per heavy atom. The molecule has 1 aliphatic heterocycles. The third-order valence-electron chi connectivity index (χ3n) is 10.8. The van der Waals surface area contributed by atoms with Gasteiger partial charge in [0.05, 0.1) is 5.41 Å². The molecule has 4 atom stereocenters. The molecule has 1 aromatic carbocycles. The maximum Gasteiger partial charge on any atom is 0.200 e. The van der Waals surface area contributed by atoms with Crippen LogP contribution in [-0.4, -0.2) is 33.2 Å². The van der Waals surface area contributed by atoms with Crippen molar-refractivity contribution in [2.45, 2.75) is 106 Å². The van der Waals surface area contributed by atoms with E-state index in [9.17, 15) is 15.0 Å². The molecule has 1 saturated heterocycles. The molecule has 1 saturated carbocycles. The van der Waals surface area contributed by atoms with Gasteiger partial charge in [-0.2, -0.15) is 0 Å². The topological polar surface area (TPSA) is 101 Å². The van der Waals surface area contributed by atoms with E-state index >= 15 is 9.59 Å². The zero-order valence-corrected chi connectivity index (χ0v) is 28.0. The minimum absolute atomic E-state index is 0.0133. The molecular weight excluding hydrogens is 552 g/mol. The second-order valence-corrected chi connectivity index (χ2v) is 15.1. The third-order valence-corrected chi connectivity index (χ3v) is 10.8.